The van der Waals surface area contributed by atoms with E-state index in [2.05, 4.69) is 59.8 Å². The van der Waals surface area contributed by atoms with Gasteiger partial charge in [0.05, 0.1) is 9.35 Å². The highest BCUT2D eigenvalue weighted by Crippen LogP contribution is 2.24. The van der Waals surface area contributed by atoms with Crippen molar-refractivity contribution in [2.24, 2.45) is 0 Å². The number of hydrogen-bond acceptors (Lipinski definition) is 2. The van der Waals surface area contributed by atoms with Crippen molar-refractivity contribution < 1.29 is 4.79 Å². The lowest BCUT2D eigenvalue weighted by Gasteiger charge is -2.17. The lowest BCUT2D eigenvalue weighted by molar-refractivity contribution is 0.0784. The Morgan fingerprint density at radius 2 is 2.11 bits per heavy atom. The van der Waals surface area contributed by atoms with E-state index in [9.17, 15) is 4.79 Å². The molecule has 0 saturated heterocycles. The second-order valence-corrected chi connectivity index (χ2v) is 8.43. The molecule has 6 heteroatoms. The smallest absolute Gasteiger partial charge is 0.255 e. The molecule has 100 valence electrons. The Balaban J connectivity index is 2.16. The lowest BCUT2D eigenvalue weighted by Crippen LogP contribution is -2.26. The van der Waals surface area contributed by atoms with E-state index in [1.165, 1.54) is 0 Å². The maximum Gasteiger partial charge on any atom is 0.255 e. The van der Waals surface area contributed by atoms with Crippen molar-refractivity contribution >= 4 is 71.7 Å². The summed E-state index contributed by atoms with van der Waals surface area (Å²) in [5.41, 5.74) is 1.83. The molecule has 1 amide bonds. The zero-order chi connectivity index (χ0) is 14.0. The Labute approximate surface area is 146 Å². The number of carbonyl (C=O) groups is 1. The van der Waals surface area contributed by atoms with Gasteiger partial charge in [0.2, 0.25) is 0 Å². The van der Waals surface area contributed by atoms with Gasteiger partial charge in [0.25, 0.3) is 5.91 Å². The van der Waals surface area contributed by atoms with Crippen LogP contribution in [0.2, 0.25) is 0 Å². The summed E-state index contributed by atoms with van der Waals surface area (Å²) in [5.74, 6) is 0.0210. The van der Waals surface area contributed by atoms with Crippen LogP contribution in [0, 0.1) is 3.57 Å². The van der Waals surface area contributed by atoms with E-state index in [-0.39, 0.29) is 5.91 Å². The van der Waals surface area contributed by atoms with Crippen LogP contribution in [0.3, 0.4) is 0 Å². The van der Waals surface area contributed by atoms with Crippen molar-refractivity contribution in [3.8, 4) is 0 Å². The number of carbonyl (C=O) groups excluding carboxylic acids is 1. The number of halogens is 3. The highest BCUT2D eigenvalue weighted by atomic mass is 127. The molecule has 0 radical (unpaired) electrons. The fraction of sp³-hybridized carbons (Fsp3) is 0.154. The monoisotopic (exact) mass is 513 g/mol. The highest BCUT2D eigenvalue weighted by molar-refractivity contribution is 14.1. The van der Waals surface area contributed by atoms with Gasteiger partial charge < -0.3 is 4.90 Å². The Morgan fingerprint density at radius 3 is 2.74 bits per heavy atom. The minimum absolute atomic E-state index is 0.0210. The number of rotatable bonds is 3. The summed E-state index contributed by atoms with van der Waals surface area (Å²) < 4.78 is 2.96. The van der Waals surface area contributed by atoms with Crippen LogP contribution in [0.15, 0.2) is 37.9 Å². The predicted molar refractivity (Wildman–Crippen MR) is 94.7 cm³/mol. The third-order valence-corrected chi connectivity index (χ3v) is 5.46. The van der Waals surface area contributed by atoms with Crippen LogP contribution < -0.4 is 0 Å². The topological polar surface area (TPSA) is 20.3 Å². The van der Waals surface area contributed by atoms with Crippen molar-refractivity contribution in [1.29, 1.82) is 0 Å². The maximum atomic E-state index is 12.4. The van der Waals surface area contributed by atoms with Crippen molar-refractivity contribution in [2.45, 2.75) is 6.54 Å². The molecule has 0 spiro atoms. The molecule has 1 aromatic heterocycles. The summed E-state index contributed by atoms with van der Waals surface area (Å²) in [4.78, 5) is 14.1. The average Bonchev–Trinajstić information content (AvgIpc) is 2.77. The number of amides is 1. The molecular formula is C13H10Br2INOS. The molecular weight excluding hydrogens is 505 g/mol. The molecule has 0 atom stereocenters. The summed E-state index contributed by atoms with van der Waals surface area (Å²) in [6.45, 7) is 0.610. The maximum absolute atomic E-state index is 12.4. The second-order valence-electron chi connectivity index (χ2n) is 4.04. The van der Waals surface area contributed by atoms with Gasteiger partial charge in [-0.1, -0.05) is 0 Å². The Morgan fingerprint density at radius 1 is 1.37 bits per heavy atom. The zero-order valence-electron chi connectivity index (χ0n) is 9.99. The summed E-state index contributed by atoms with van der Waals surface area (Å²) in [6, 6.07) is 7.81. The first-order chi connectivity index (χ1) is 8.97. The van der Waals surface area contributed by atoms with Gasteiger partial charge in [0, 0.05) is 21.6 Å². The summed E-state index contributed by atoms with van der Waals surface area (Å²) in [7, 11) is 1.82. The molecule has 2 rings (SSSR count). The fourth-order valence-corrected chi connectivity index (χ4v) is 3.75. The molecule has 0 N–H and O–H groups in total. The zero-order valence-corrected chi connectivity index (χ0v) is 16.1. The van der Waals surface area contributed by atoms with E-state index in [0.29, 0.717) is 12.1 Å². The van der Waals surface area contributed by atoms with Crippen LogP contribution in [-0.2, 0) is 6.54 Å². The van der Waals surface area contributed by atoms with Crippen LogP contribution in [0.5, 0.6) is 0 Å². The number of nitrogens with zero attached hydrogens (tertiary/aromatic N) is 1. The molecule has 0 aliphatic rings. The third-order valence-electron chi connectivity index (χ3n) is 2.55. The standard InChI is InChI=1S/C13H10Br2INOS/c1-17(6-8-4-12(15)19-7-8)13(18)10-5-9(16)2-3-11(10)14/h2-5,7H,6H2,1H3. The first-order valence-electron chi connectivity index (χ1n) is 5.41. The van der Waals surface area contributed by atoms with Crippen molar-refractivity contribution in [3.05, 3.63) is 52.6 Å². The molecule has 19 heavy (non-hydrogen) atoms. The summed E-state index contributed by atoms with van der Waals surface area (Å²) >= 11 is 10.7. The minimum Gasteiger partial charge on any atom is -0.337 e. The predicted octanol–water partition coefficient (Wildman–Crippen LogP) is 5.15. The van der Waals surface area contributed by atoms with Gasteiger partial charge in [0.15, 0.2) is 0 Å². The van der Waals surface area contributed by atoms with Crippen molar-refractivity contribution in [1.82, 2.24) is 4.90 Å². The molecule has 0 bridgehead atoms. The van der Waals surface area contributed by atoms with Gasteiger partial charge >= 0.3 is 0 Å². The van der Waals surface area contributed by atoms with Gasteiger partial charge in [-0.3, -0.25) is 4.79 Å². The molecule has 0 aliphatic heterocycles. The summed E-state index contributed by atoms with van der Waals surface area (Å²) in [5, 5.41) is 2.05. The molecule has 0 aliphatic carbocycles. The van der Waals surface area contributed by atoms with Gasteiger partial charge in [-0.2, -0.15) is 0 Å². The second kappa shape index (κ2) is 6.69. The van der Waals surface area contributed by atoms with Crippen LogP contribution in [-0.4, -0.2) is 17.9 Å². The molecule has 1 aromatic carbocycles. The molecule has 0 unspecified atom stereocenters. The van der Waals surface area contributed by atoms with Crippen LogP contribution in [0.4, 0.5) is 0 Å². The SMILES string of the molecule is CN(Cc1csc(Br)c1)C(=O)c1cc(I)ccc1Br. The van der Waals surface area contributed by atoms with E-state index < -0.39 is 0 Å². The van der Waals surface area contributed by atoms with E-state index in [0.717, 1.165) is 17.4 Å². The molecule has 0 saturated carbocycles. The number of benzene rings is 1. The van der Waals surface area contributed by atoms with Gasteiger partial charge in [-0.15, -0.1) is 11.3 Å². The Hall–Kier alpha value is 0.0800. The number of hydrogen-bond donors (Lipinski definition) is 0. The van der Waals surface area contributed by atoms with E-state index in [1.807, 2.05) is 31.3 Å². The Bertz CT molecular complexity index is 614. The first-order valence-corrected chi connectivity index (χ1v) is 8.95. The third kappa shape index (κ3) is 4.03. The van der Waals surface area contributed by atoms with Crippen LogP contribution in [0.1, 0.15) is 15.9 Å². The van der Waals surface area contributed by atoms with Crippen molar-refractivity contribution in [3.63, 3.8) is 0 Å². The Kier molecular flexibility index (Phi) is 5.45. The summed E-state index contributed by atoms with van der Waals surface area (Å²) in [6.07, 6.45) is 0. The highest BCUT2D eigenvalue weighted by Gasteiger charge is 2.16. The first kappa shape index (κ1) is 15.5. The fourth-order valence-electron chi connectivity index (χ4n) is 1.64. The molecule has 2 nitrogen and oxygen atoms in total. The molecule has 1 heterocycles. The molecule has 0 fully saturated rings. The van der Waals surface area contributed by atoms with Gasteiger partial charge in [0.1, 0.15) is 0 Å². The van der Waals surface area contributed by atoms with E-state index in [4.69, 9.17) is 0 Å². The normalized spacial score (nSPS) is 10.5. The van der Waals surface area contributed by atoms with Crippen molar-refractivity contribution in [2.75, 3.05) is 7.05 Å². The molecule has 2 aromatic rings. The quantitative estimate of drug-likeness (QED) is 0.519. The van der Waals surface area contributed by atoms with Crippen LogP contribution >= 0.6 is 65.8 Å². The lowest BCUT2D eigenvalue weighted by atomic mass is 10.2. The minimum atomic E-state index is 0.0210. The van der Waals surface area contributed by atoms with Gasteiger partial charge in [-0.05, 0) is 89.7 Å². The average molecular weight is 515 g/mol. The number of thiophene rings is 1. The van der Waals surface area contributed by atoms with E-state index in [1.54, 1.807) is 16.2 Å². The van der Waals surface area contributed by atoms with Crippen LogP contribution in [0.25, 0.3) is 0 Å². The van der Waals surface area contributed by atoms with Gasteiger partial charge in [-0.25, -0.2) is 0 Å². The largest absolute Gasteiger partial charge is 0.337 e. The van der Waals surface area contributed by atoms with E-state index >= 15 is 0 Å².